The summed E-state index contributed by atoms with van der Waals surface area (Å²) in [6.45, 7) is 4.54. The van der Waals surface area contributed by atoms with E-state index in [0.717, 1.165) is 23.7 Å². The first-order chi connectivity index (χ1) is 13.8. The summed E-state index contributed by atoms with van der Waals surface area (Å²) < 4.78 is 0. The lowest BCUT2D eigenvalue weighted by atomic mass is 10.1. The van der Waals surface area contributed by atoms with E-state index in [1.165, 1.54) is 48.3 Å². The fourth-order valence-corrected chi connectivity index (χ4v) is 4.72. The minimum absolute atomic E-state index is 0.748. The second kappa shape index (κ2) is 7.47. The van der Waals surface area contributed by atoms with E-state index < -0.39 is 0 Å². The normalized spacial score (nSPS) is 25.3. The van der Waals surface area contributed by atoms with Gasteiger partial charge in [0.1, 0.15) is 0 Å². The van der Waals surface area contributed by atoms with Gasteiger partial charge in [-0.05, 0) is 66.7 Å². The molecule has 0 bridgehead atoms. The average molecular weight is 368 g/mol. The summed E-state index contributed by atoms with van der Waals surface area (Å²) in [5.41, 5.74) is 5.77. The van der Waals surface area contributed by atoms with Gasteiger partial charge in [0.15, 0.2) is 0 Å². The third-order valence-electron chi connectivity index (χ3n) is 6.61. The van der Waals surface area contributed by atoms with Crippen LogP contribution < -0.4 is 4.90 Å². The van der Waals surface area contributed by atoms with Gasteiger partial charge >= 0.3 is 0 Å². The van der Waals surface area contributed by atoms with E-state index in [1.54, 1.807) is 0 Å². The minimum Gasteiger partial charge on any atom is -0.371 e. The second-order valence-electron chi connectivity index (χ2n) is 8.77. The molecule has 142 valence electrons. The van der Waals surface area contributed by atoms with Crippen LogP contribution in [0, 0.1) is 18.8 Å². The highest BCUT2D eigenvalue weighted by atomic mass is 15.1. The summed E-state index contributed by atoms with van der Waals surface area (Å²) in [5.74, 6) is 3.08. The van der Waals surface area contributed by atoms with Gasteiger partial charge in [-0.25, -0.2) is 0 Å². The lowest BCUT2D eigenvalue weighted by molar-refractivity contribution is 0.659. The molecule has 3 aromatic carbocycles. The molecular weight excluding hydrogens is 338 g/mol. The van der Waals surface area contributed by atoms with Crippen molar-refractivity contribution in [3.63, 3.8) is 0 Å². The molecule has 28 heavy (non-hydrogen) atoms. The van der Waals surface area contributed by atoms with Crippen LogP contribution in [0.5, 0.6) is 0 Å². The van der Waals surface area contributed by atoms with Gasteiger partial charge in [-0.1, -0.05) is 78.4 Å². The molecule has 0 radical (unpaired) electrons. The number of benzene rings is 3. The molecule has 2 aliphatic rings. The van der Waals surface area contributed by atoms with Crippen LogP contribution in [0.3, 0.4) is 0 Å². The molecule has 0 aromatic heterocycles. The Morgan fingerprint density at radius 3 is 1.57 bits per heavy atom. The fraction of sp³-hybridized carbons (Fsp3) is 0.333. The van der Waals surface area contributed by atoms with Crippen LogP contribution in [0.15, 0.2) is 84.9 Å². The molecule has 1 heteroatoms. The maximum Gasteiger partial charge on any atom is 0.0366 e. The van der Waals surface area contributed by atoms with E-state index in [4.69, 9.17) is 0 Å². The fourth-order valence-electron chi connectivity index (χ4n) is 4.72. The Kier molecular flexibility index (Phi) is 4.68. The van der Waals surface area contributed by atoms with Crippen molar-refractivity contribution < 1.29 is 0 Å². The van der Waals surface area contributed by atoms with Crippen LogP contribution in [0.4, 0.5) is 5.69 Å². The molecule has 2 fully saturated rings. The zero-order chi connectivity index (χ0) is 18.9. The van der Waals surface area contributed by atoms with E-state index in [-0.39, 0.29) is 0 Å². The maximum atomic E-state index is 2.67. The Morgan fingerprint density at radius 2 is 1.11 bits per heavy atom. The summed E-state index contributed by atoms with van der Waals surface area (Å²) in [6, 6.07) is 31.3. The van der Waals surface area contributed by atoms with Gasteiger partial charge in [0.25, 0.3) is 0 Å². The van der Waals surface area contributed by atoms with Gasteiger partial charge in [-0.2, -0.15) is 0 Å². The van der Waals surface area contributed by atoms with Gasteiger partial charge in [-0.3, -0.25) is 0 Å². The van der Waals surface area contributed by atoms with Crippen molar-refractivity contribution >= 4 is 5.69 Å². The smallest absolute Gasteiger partial charge is 0.0366 e. The SMILES string of the molecule is Cc1ccc(N(C[C@@H]2C[C@H]2c2ccccc2)C[C@@H]2C[C@H]2c2ccccc2)cc1. The van der Waals surface area contributed by atoms with Crippen molar-refractivity contribution in [1.82, 2.24) is 0 Å². The van der Waals surface area contributed by atoms with Gasteiger partial charge < -0.3 is 4.90 Å². The van der Waals surface area contributed by atoms with E-state index in [9.17, 15) is 0 Å². The number of aryl methyl sites for hydroxylation is 1. The molecular formula is C27H29N. The molecule has 0 spiro atoms. The molecule has 0 unspecified atom stereocenters. The summed E-state index contributed by atoms with van der Waals surface area (Å²) in [6.07, 6.45) is 2.66. The van der Waals surface area contributed by atoms with Gasteiger partial charge in [0, 0.05) is 18.8 Å². The summed E-state index contributed by atoms with van der Waals surface area (Å²) in [7, 11) is 0. The topological polar surface area (TPSA) is 3.24 Å². The van der Waals surface area contributed by atoms with Crippen molar-refractivity contribution in [3.05, 3.63) is 102 Å². The van der Waals surface area contributed by atoms with Gasteiger partial charge in [-0.15, -0.1) is 0 Å². The first-order valence-electron chi connectivity index (χ1n) is 10.7. The number of hydrogen-bond donors (Lipinski definition) is 0. The first-order valence-corrected chi connectivity index (χ1v) is 10.7. The zero-order valence-electron chi connectivity index (χ0n) is 16.7. The third kappa shape index (κ3) is 3.85. The number of hydrogen-bond acceptors (Lipinski definition) is 1. The van der Waals surface area contributed by atoms with E-state index in [0.29, 0.717) is 0 Å². The molecule has 0 saturated heterocycles. The quantitative estimate of drug-likeness (QED) is 0.466. The van der Waals surface area contributed by atoms with E-state index in [2.05, 4.69) is 96.8 Å². The highest BCUT2D eigenvalue weighted by Gasteiger charge is 2.42. The summed E-state index contributed by atoms with van der Waals surface area (Å²) in [5, 5.41) is 0. The van der Waals surface area contributed by atoms with Crippen molar-refractivity contribution in [2.75, 3.05) is 18.0 Å². The molecule has 2 saturated carbocycles. The molecule has 4 atom stereocenters. The van der Waals surface area contributed by atoms with Crippen LogP contribution in [-0.4, -0.2) is 13.1 Å². The first kappa shape index (κ1) is 17.6. The lowest BCUT2D eigenvalue weighted by Crippen LogP contribution is -2.28. The standard InChI is InChI=1S/C27H29N/c1-20-12-14-25(15-13-20)28(18-23-16-26(23)21-8-4-2-5-9-21)19-24-17-27(24)22-10-6-3-7-11-22/h2-15,23-24,26-27H,16-19H2,1H3/t23-,24-,26-,27-/m0/s1. The van der Waals surface area contributed by atoms with Crippen molar-refractivity contribution in [3.8, 4) is 0 Å². The highest BCUT2D eigenvalue weighted by molar-refractivity contribution is 5.49. The molecule has 0 heterocycles. The Morgan fingerprint density at radius 1 is 0.643 bits per heavy atom. The molecule has 1 nitrogen and oxygen atoms in total. The molecule has 0 N–H and O–H groups in total. The number of anilines is 1. The van der Waals surface area contributed by atoms with Crippen molar-refractivity contribution in [2.24, 2.45) is 11.8 Å². The monoisotopic (exact) mass is 367 g/mol. The van der Waals surface area contributed by atoms with E-state index in [1.807, 2.05) is 0 Å². The van der Waals surface area contributed by atoms with Crippen LogP contribution >= 0.6 is 0 Å². The molecule has 5 rings (SSSR count). The summed E-state index contributed by atoms with van der Waals surface area (Å²) in [4.78, 5) is 2.67. The van der Waals surface area contributed by atoms with Crippen LogP contribution in [0.1, 0.15) is 41.4 Å². The number of nitrogens with zero attached hydrogens (tertiary/aromatic N) is 1. The Balaban J connectivity index is 1.28. The van der Waals surface area contributed by atoms with Crippen molar-refractivity contribution in [1.29, 1.82) is 0 Å². The van der Waals surface area contributed by atoms with Crippen molar-refractivity contribution in [2.45, 2.75) is 31.6 Å². The minimum atomic E-state index is 0.748. The van der Waals surface area contributed by atoms with Gasteiger partial charge in [0.05, 0.1) is 0 Å². The summed E-state index contributed by atoms with van der Waals surface area (Å²) >= 11 is 0. The Labute approximate surface area is 169 Å². The predicted octanol–water partition coefficient (Wildman–Crippen LogP) is 6.41. The second-order valence-corrected chi connectivity index (χ2v) is 8.77. The zero-order valence-corrected chi connectivity index (χ0v) is 16.7. The largest absolute Gasteiger partial charge is 0.371 e. The van der Waals surface area contributed by atoms with Crippen LogP contribution in [0.25, 0.3) is 0 Å². The Hall–Kier alpha value is -2.54. The highest BCUT2D eigenvalue weighted by Crippen LogP contribution is 2.51. The lowest BCUT2D eigenvalue weighted by Gasteiger charge is -2.26. The third-order valence-corrected chi connectivity index (χ3v) is 6.61. The van der Waals surface area contributed by atoms with E-state index >= 15 is 0 Å². The molecule has 0 aliphatic heterocycles. The predicted molar refractivity (Wildman–Crippen MR) is 118 cm³/mol. The molecule has 2 aliphatic carbocycles. The molecule has 3 aromatic rings. The average Bonchev–Trinajstić information content (AvgIpc) is 3.66. The number of rotatable bonds is 7. The van der Waals surface area contributed by atoms with Crippen LogP contribution in [-0.2, 0) is 0 Å². The Bertz CT molecular complexity index is 845. The van der Waals surface area contributed by atoms with Gasteiger partial charge in [0.2, 0.25) is 0 Å². The maximum absolute atomic E-state index is 2.67. The molecule has 0 amide bonds. The van der Waals surface area contributed by atoms with Crippen LogP contribution in [0.2, 0.25) is 0 Å².